The molecule has 0 fully saturated rings. The normalized spacial score (nSPS) is 11.2. The van der Waals surface area contributed by atoms with Crippen molar-refractivity contribution in [2.75, 3.05) is 47.9 Å². The number of methoxy groups -OCH3 is 2. The van der Waals surface area contributed by atoms with Crippen molar-refractivity contribution in [3.05, 3.63) is 18.2 Å². The quantitative estimate of drug-likeness (QED) is 0.613. The molecular weight excluding hydrogens is 334 g/mol. The fourth-order valence-corrected chi connectivity index (χ4v) is 3.00. The summed E-state index contributed by atoms with van der Waals surface area (Å²) in [7, 11) is 2.66. The van der Waals surface area contributed by atoms with Gasteiger partial charge in [-0.15, -0.1) is 0 Å². The number of benzene rings is 1. The van der Waals surface area contributed by atoms with E-state index in [9.17, 15) is 13.2 Å². The Morgan fingerprint density at radius 1 is 1.17 bits per heavy atom. The van der Waals surface area contributed by atoms with Crippen molar-refractivity contribution in [1.82, 2.24) is 14.9 Å². The van der Waals surface area contributed by atoms with Crippen LogP contribution in [-0.4, -0.2) is 67.2 Å². The van der Waals surface area contributed by atoms with E-state index in [4.69, 9.17) is 9.47 Å². The molecule has 1 aromatic rings. The summed E-state index contributed by atoms with van der Waals surface area (Å²) >= 11 is 0. The Labute approximate surface area is 143 Å². The Balaban J connectivity index is 2.65. The molecule has 0 spiro atoms. The van der Waals surface area contributed by atoms with Gasteiger partial charge in [0.2, 0.25) is 15.9 Å². The maximum atomic E-state index is 12.3. The summed E-state index contributed by atoms with van der Waals surface area (Å²) in [6.07, 6.45) is 0.0900. The van der Waals surface area contributed by atoms with E-state index in [0.717, 1.165) is 0 Å². The highest BCUT2D eigenvalue weighted by Crippen LogP contribution is 2.29. The molecule has 0 saturated heterocycles. The van der Waals surface area contributed by atoms with Crippen LogP contribution in [0.5, 0.6) is 11.5 Å². The van der Waals surface area contributed by atoms with Gasteiger partial charge in [0.15, 0.2) is 11.5 Å². The predicted octanol–water partition coefficient (Wildman–Crippen LogP) is 0.0500. The number of likely N-dealkylation sites (N-methyl/N-ethyl adjacent to an activating group) is 2. The van der Waals surface area contributed by atoms with Crippen molar-refractivity contribution in [3.63, 3.8) is 0 Å². The van der Waals surface area contributed by atoms with Gasteiger partial charge in [-0.25, -0.2) is 13.1 Å². The molecule has 0 aromatic heterocycles. The van der Waals surface area contributed by atoms with Crippen molar-refractivity contribution < 1.29 is 22.7 Å². The van der Waals surface area contributed by atoms with Gasteiger partial charge in [0.05, 0.1) is 19.1 Å². The van der Waals surface area contributed by atoms with Crippen LogP contribution in [0.15, 0.2) is 23.1 Å². The first-order valence-electron chi connectivity index (χ1n) is 7.46. The second-order valence-electron chi connectivity index (χ2n) is 5.08. The lowest BCUT2D eigenvalue weighted by Gasteiger charge is -2.17. The highest BCUT2D eigenvalue weighted by Gasteiger charge is 2.17. The molecule has 0 aliphatic carbocycles. The van der Waals surface area contributed by atoms with Crippen LogP contribution in [0.25, 0.3) is 0 Å². The SMILES string of the molecule is CNCCN(C)C(=O)CCNS(=O)(=O)c1ccc(OC)c(OC)c1. The van der Waals surface area contributed by atoms with Crippen LogP contribution in [0.3, 0.4) is 0 Å². The number of carbonyl (C=O) groups excluding carboxylic acids is 1. The Kier molecular flexibility index (Phi) is 7.96. The molecule has 0 bridgehead atoms. The summed E-state index contributed by atoms with van der Waals surface area (Å²) in [4.78, 5) is 13.5. The molecule has 9 heteroatoms. The van der Waals surface area contributed by atoms with Crippen molar-refractivity contribution in [3.8, 4) is 11.5 Å². The van der Waals surface area contributed by atoms with Gasteiger partial charge in [0, 0.05) is 39.2 Å². The van der Waals surface area contributed by atoms with Crippen LogP contribution in [0.4, 0.5) is 0 Å². The average molecular weight is 359 g/mol. The minimum absolute atomic E-state index is 0.0272. The first kappa shape index (κ1) is 20.2. The first-order chi connectivity index (χ1) is 11.4. The molecule has 0 unspecified atom stereocenters. The third-order valence-electron chi connectivity index (χ3n) is 3.42. The highest BCUT2D eigenvalue weighted by molar-refractivity contribution is 7.89. The van der Waals surface area contributed by atoms with Gasteiger partial charge >= 0.3 is 0 Å². The summed E-state index contributed by atoms with van der Waals surface area (Å²) in [6.45, 7) is 1.27. The van der Waals surface area contributed by atoms with Gasteiger partial charge in [0.25, 0.3) is 0 Å². The Morgan fingerprint density at radius 3 is 2.42 bits per heavy atom. The number of hydrogen-bond acceptors (Lipinski definition) is 6. The molecule has 0 aliphatic heterocycles. The summed E-state index contributed by atoms with van der Waals surface area (Å²) < 4.78 is 37.2. The van der Waals surface area contributed by atoms with Crippen molar-refractivity contribution in [2.45, 2.75) is 11.3 Å². The van der Waals surface area contributed by atoms with E-state index >= 15 is 0 Å². The first-order valence-corrected chi connectivity index (χ1v) is 8.94. The number of carbonyl (C=O) groups is 1. The molecule has 136 valence electrons. The molecule has 8 nitrogen and oxygen atoms in total. The van der Waals surface area contributed by atoms with Crippen molar-refractivity contribution >= 4 is 15.9 Å². The van der Waals surface area contributed by atoms with E-state index < -0.39 is 10.0 Å². The Bertz CT molecular complexity index is 649. The molecule has 0 atom stereocenters. The lowest BCUT2D eigenvalue weighted by molar-refractivity contribution is -0.129. The minimum atomic E-state index is -3.72. The van der Waals surface area contributed by atoms with Crippen LogP contribution < -0.4 is 19.5 Å². The zero-order valence-corrected chi connectivity index (χ0v) is 15.3. The average Bonchev–Trinajstić information content (AvgIpc) is 2.58. The molecule has 1 rings (SSSR count). The standard InChI is InChI=1S/C15H25N3O5S/c1-16-9-10-18(2)15(19)7-8-17-24(20,21)12-5-6-13(22-3)14(11-12)23-4/h5-6,11,16-17H,7-10H2,1-4H3. The number of sulfonamides is 1. The highest BCUT2D eigenvalue weighted by atomic mass is 32.2. The van der Waals surface area contributed by atoms with Gasteiger partial charge in [-0.1, -0.05) is 0 Å². The Morgan fingerprint density at radius 2 is 1.83 bits per heavy atom. The molecule has 1 amide bonds. The van der Waals surface area contributed by atoms with E-state index in [1.165, 1.54) is 32.4 Å². The fraction of sp³-hybridized carbons (Fsp3) is 0.533. The minimum Gasteiger partial charge on any atom is -0.493 e. The fourth-order valence-electron chi connectivity index (χ4n) is 1.95. The van der Waals surface area contributed by atoms with E-state index in [0.29, 0.717) is 24.6 Å². The largest absolute Gasteiger partial charge is 0.493 e. The summed E-state index contributed by atoms with van der Waals surface area (Å²) in [6, 6.07) is 4.32. The number of ether oxygens (including phenoxy) is 2. The third kappa shape index (κ3) is 5.66. The zero-order chi connectivity index (χ0) is 18.2. The van der Waals surface area contributed by atoms with Crippen LogP contribution in [0.2, 0.25) is 0 Å². The van der Waals surface area contributed by atoms with Gasteiger partial charge in [-0.05, 0) is 19.2 Å². The van der Waals surface area contributed by atoms with Gasteiger partial charge in [-0.3, -0.25) is 4.79 Å². The van der Waals surface area contributed by atoms with Gasteiger partial charge in [0.1, 0.15) is 0 Å². The zero-order valence-electron chi connectivity index (χ0n) is 14.5. The van der Waals surface area contributed by atoms with E-state index in [1.807, 2.05) is 0 Å². The van der Waals surface area contributed by atoms with Crippen LogP contribution in [0, 0.1) is 0 Å². The summed E-state index contributed by atoms with van der Waals surface area (Å²) in [5, 5.41) is 2.95. The monoisotopic (exact) mass is 359 g/mol. The topological polar surface area (TPSA) is 97.0 Å². The lowest BCUT2D eigenvalue weighted by Crippen LogP contribution is -2.35. The molecular formula is C15H25N3O5S. The van der Waals surface area contributed by atoms with E-state index in [2.05, 4.69) is 10.0 Å². The second-order valence-corrected chi connectivity index (χ2v) is 6.85. The van der Waals surface area contributed by atoms with Crippen LogP contribution in [0.1, 0.15) is 6.42 Å². The lowest BCUT2D eigenvalue weighted by atomic mass is 10.3. The van der Waals surface area contributed by atoms with Crippen LogP contribution in [-0.2, 0) is 14.8 Å². The molecule has 24 heavy (non-hydrogen) atoms. The van der Waals surface area contributed by atoms with Crippen molar-refractivity contribution in [1.29, 1.82) is 0 Å². The number of hydrogen-bond donors (Lipinski definition) is 2. The second kappa shape index (κ2) is 9.45. The van der Waals surface area contributed by atoms with E-state index in [1.54, 1.807) is 19.0 Å². The van der Waals surface area contributed by atoms with Gasteiger partial charge < -0.3 is 19.7 Å². The number of nitrogens with zero attached hydrogens (tertiary/aromatic N) is 1. The maximum absolute atomic E-state index is 12.3. The van der Waals surface area contributed by atoms with Gasteiger partial charge in [-0.2, -0.15) is 0 Å². The number of nitrogens with one attached hydrogen (secondary N) is 2. The van der Waals surface area contributed by atoms with E-state index in [-0.39, 0.29) is 23.8 Å². The third-order valence-corrected chi connectivity index (χ3v) is 4.88. The summed E-state index contributed by atoms with van der Waals surface area (Å²) in [5.74, 6) is 0.640. The maximum Gasteiger partial charge on any atom is 0.240 e. The number of amides is 1. The molecule has 0 heterocycles. The van der Waals surface area contributed by atoms with Crippen molar-refractivity contribution in [2.24, 2.45) is 0 Å². The molecule has 0 aliphatic rings. The van der Waals surface area contributed by atoms with Crippen LogP contribution >= 0.6 is 0 Å². The number of rotatable bonds is 10. The molecule has 2 N–H and O–H groups in total. The molecule has 0 radical (unpaired) electrons. The molecule has 1 aromatic carbocycles. The summed E-state index contributed by atoms with van der Waals surface area (Å²) in [5.41, 5.74) is 0. The molecule has 0 saturated carbocycles. The Hall–Kier alpha value is -1.84. The predicted molar refractivity (Wildman–Crippen MR) is 90.9 cm³/mol. The smallest absolute Gasteiger partial charge is 0.240 e.